The average molecular weight is 623 g/mol. The zero-order valence-electron chi connectivity index (χ0n) is 20.8. The van der Waals surface area contributed by atoms with Crippen molar-refractivity contribution in [1.82, 2.24) is 24.4 Å². The minimum atomic E-state index is -3.62. The lowest BCUT2D eigenvalue weighted by molar-refractivity contribution is -0.118. The Hall–Kier alpha value is -2.58. The van der Waals surface area contributed by atoms with Crippen molar-refractivity contribution in [3.05, 3.63) is 64.4 Å². The third-order valence-corrected chi connectivity index (χ3v) is 9.22. The maximum absolute atomic E-state index is 13.0. The van der Waals surface area contributed by atoms with Gasteiger partial charge < -0.3 is 10.1 Å². The van der Waals surface area contributed by atoms with E-state index in [1.807, 2.05) is 28.8 Å². The molecule has 4 rings (SSSR count). The number of sulfonamides is 1. The van der Waals surface area contributed by atoms with Crippen molar-refractivity contribution in [2.45, 2.75) is 29.8 Å². The summed E-state index contributed by atoms with van der Waals surface area (Å²) in [6.07, 6.45) is 1.29. The molecule has 1 amide bonds. The molecule has 1 aliphatic heterocycles. The Kier molecular flexibility index (Phi) is 9.71. The number of carbonyl (C=O) groups excluding carboxylic acids is 2. The number of rotatable bonds is 11. The van der Waals surface area contributed by atoms with Crippen LogP contribution in [0.5, 0.6) is 0 Å². The van der Waals surface area contributed by atoms with Crippen LogP contribution in [-0.2, 0) is 26.0 Å². The lowest BCUT2D eigenvalue weighted by atomic mass is 10.1. The third-order valence-electron chi connectivity index (χ3n) is 5.85. The van der Waals surface area contributed by atoms with Crippen molar-refractivity contribution in [3.8, 4) is 5.69 Å². The molecular formula is C25H28BrN5O5S2. The number of morpholine rings is 1. The Morgan fingerprint density at radius 3 is 2.39 bits per heavy atom. The molecule has 1 aromatic heterocycles. The lowest BCUT2D eigenvalue weighted by Crippen LogP contribution is -2.40. The molecule has 10 nitrogen and oxygen atoms in total. The summed E-state index contributed by atoms with van der Waals surface area (Å²) < 4.78 is 35.2. The maximum atomic E-state index is 13.0. The zero-order valence-corrected chi connectivity index (χ0v) is 24.0. The first-order valence-electron chi connectivity index (χ1n) is 12.0. The second-order valence-electron chi connectivity index (χ2n) is 8.55. The van der Waals surface area contributed by atoms with Crippen LogP contribution in [0.2, 0.25) is 0 Å². The van der Waals surface area contributed by atoms with E-state index in [0.29, 0.717) is 56.4 Å². The number of nitrogens with zero attached hydrogens (tertiary/aromatic N) is 4. The summed E-state index contributed by atoms with van der Waals surface area (Å²) in [6, 6.07) is 13.7. The fourth-order valence-electron chi connectivity index (χ4n) is 3.88. The minimum Gasteiger partial charge on any atom is -0.379 e. The molecule has 0 atom stereocenters. The molecule has 0 unspecified atom stereocenters. The van der Waals surface area contributed by atoms with Crippen LogP contribution in [0.1, 0.15) is 29.5 Å². The number of ether oxygens (including phenoxy) is 1. The number of hydrogen-bond acceptors (Lipinski definition) is 8. The van der Waals surface area contributed by atoms with Crippen molar-refractivity contribution in [3.63, 3.8) is 0 Å². The van der Waals surface area contributed by atoms with Crippen LogP contribution in [-0.4, -0.2) is 77.8 Å². The van der Waals surface area contributed by atoms with Gasteiger partial charge >= 0.3 is 0 Å². The molecule has 2 aromatic carbocycles. The second kappa shape index (κ2) is 13.0. The van der Waals surface area contributed by atoms with Gasteiger partial charge in [-0.1, -0.05) is 39.8 Å². The van der Waals surface area contributed by atoms with Crippen LogP contribution >= 0.6 is 27.7 Å². The van der Waals surface area contributed by atoms with Gasteiger partial charge in [0, 0.05) is 48.7 Å². The Labute approximate surface area is 234 Å². The van der Waals surface area contributed by atoms with Crippen molar-refractivity contribution in [1.29, 1.82) is 0 Å². The van der Waals surface area contributed by atoms with E-state index in [0.717, 1.165) is 16.0 Å². The number of thioether (sulfide) groups is 1. The summed E-state index contributed by atoms with van der Waals surface area (Å²) in [7, 11) is -3.62. The van der Waals surface area contributed by atoms with Crippen LogP contribution < -0.4 is 5.32 Å². The first-order chi connectivity index (χ1) is 18.3. The molecule has 0 saturated carbocycles. The number of benzene rings is 2. The van der Waals surface area contributed by atoms with E-state index in [1.54, 1.807) is 12.1 Å². The third kappa shape index (κ3) is 7.08. The number of ketones is 1. The van der Waals surface area contributed by atoms with Gasteiger partial charge in [0.25, 0.3) is 0 Å². The van der Waals surface area contributed by atoms with Crippen molar-refractivity contribution < 1.29 is 22.7 Å². The van der Waals surface area contributed by atoms with Gasteiger partial charge in [0.1, 0.15) is 5.82 Å². The number of halogens is 1. The highest BCUT2D eigenvalue weighted by Crippen LogP contribution is 2.25. The number of amides is 1. The average Bonchev–Trinajstić information content (AvgIpc) is 3.33. The quantitative estimate of drug-likeness (QED) is 0.197. The van der Waals surface area contributed by atoms with Crippen LogP contribution in [0, 0.1) is 0 Å². The molecule has 1 N–H and O–H groups in total. The van der Waals surface area contributed by atoms with Crippen LogP contribution in [0.4, 0.5) is 0 Å². The van der Waals surface area contributed by atoms with Crippen LogP contribution in [0.3, 0.4) is 0 Å². The standard InChI is InChI=1S/C25H28BrN5O5S2/c1-18(32)27-12-2-3-24-28-29-25(31(24)21-8-6-20(26)7-9-21)37-17-23(33)19-4-10-22(11-5-19)38(34,35)30-13-15-36-16-14-30/h4-11H,2-3,12-17H2,1H3,(H,27,32). The Bertz CT molecular complexity index is 1370. The molecule has 13 heteroatoms. The summed E-state index contributed by atoms with van der Waals surface area (Å²) >= 11 is 4.71. The van der Waals surface area contributed by atoms with Crippen molar-refractivity contribution >= 4 is 49.4 Å². The van der Waals surface area contributed by atoms with Gasteiger partial charge in [0.2, 0.25) is 15.9 Å². The highest BCUT2D eigenvalue weighted by Gasteiger charge is 2.26. The van der Waals surface area contributed by atoms with Crippen LogP contribution in [0.25, 0.3) is 5.69 Å². The normalized spacial score (nSPS) is 14.4. The molecule has 38 heavy (non-hydrogen) atoms. The van der Waals surface area contributed by atoms with E-state index >= 15 is 0 Å². The smallest absolute Gasteiger partial charge is 0.243 e. The van der Waals surface area contributed by atoms with Gasteiger partial charge in [0.05, 0.1) is 23.9 Å². The molecule has 1 saturated heterocycles. The molecular weight excluding hydrogens is 594 g/mol. The number of nitrogens with one attached hydrogen (secondary N) is 1. The first kappa shape index (κ1) is 28.4. The van der Waals surface area contributed by atoms with Gasteiger partial charge in [-0.05, 0) is 42.8 Å². The summed E-state index contributed by atoms with van der Waals surface area (Å²) in [5, 5.41) is 12.0. The van der Waals surface area contributed by atoms with Crippen molar-refractivity contribution in [2.24, 2.45) is 0 Å². The van der Waals surface area contributed by atoms with Crippen LogP contribution in [0.15, 0.2) is 63.1 Å². The molecule has 1 aliphatic rings. The van der Waals surface area contributed by atoms with E-state index in [4.69, 9.17) is 4.74 Å². The fraction of sp³-hybridized carbons (Fsp3) is 0.360. The van der Waals surface area contributed by atoms with E-state index in [-0.39, 0.29) is 22.3 Å². The Balaban J connectivity index is 1.45. The van der Waals surface area contributed by atoms with E-state index in [2.05, 4.69) is 31.4 Å². The highest BCUT2D eigenvalue weighted by atomic mass is 79.9. The molecule has 202 valence electrons. The molecule has 3 aromatic rings. The van der Waals surface area contributed by atoms with E-state index < -0.39 is 10.0 Å². The number of hydrogen-bond donors (Lipinski definition) is 1. The zero-order chi connectivity index (χ0) is 27.1. The number of aryl methyl sites for hydroxylation is 1. The number of Topliss-reactive ketones (excluding diaryl/α,β-unsaturated/α-hetero) is 1. The first-order valence-corrected chi connectivity index (χ1v) is 15.3. The second-order valence-corrected chi connectivity index (χ2v) is 12.3. The number of carbonyl (C=O) groups is 2. The molecule has 0 aliphatic carbocycles. The number of aromatic nitrogens is 3. The van der Waals surface area contributed by atoms with Gasteiger partial charge in [-0.15, -0.1) is 10.2 Å². The van der Waals surface area contributed by atoms with Gasteiger partial charge in [-0.25, -0.2) is 8.42 Å². The Morgan fingerprint density at radius 2 is 1.74 bits per heavy atom. The predicted molar refractivity (Wildman–Crippen MR) is 147 cm³/mol. The van der Waals surface area contributed by atoms with Gasteiger partial charge in [-0.3, -0.25) is 14.2 Å². The van der Waals surface area contributed by atoms with Gasteiger partial charge in [-0.2, -0.15) is 4.31 Å². The lowest BCUT2D eigenvalue weighted by Gasteiger charge is -2.26. The van der Waals surface area contributed by atoms with Gasteiger partial charge in [0.15, 0.2) is 10.9 Å². The highest BCUT2D eigenvalue weighted by molar-refractivity contribution is 9.10. The monoisotopic (exact) mass is 621 g/mol. The minimum absolute atomic E-state index is 0.0825. The summed E-state index contributed by atoms with van der Waals surface area (Å²) in [6.45, 7) is 3.37. The molecule has 0 bridgehead atoms. The fourth-order valence-corrected chi connectivity index (χ4v) is 6.42. The van der Waals surface area contributed by atoms with Crippen molar-refractivity contribution in [2.75, 3.05) is 38.6 Å². The maximum Gasteiger partial charge on any atom is 0.243 e. The Morgan fingerprint density at radius 1 is 1.05 bits per heavy atom. The predicted octanol–water partition coefficient (Wildman–Crippen LogP) is 3.09. The summed E-state index contributed by atoms with van der Waals surface area (Å²) in [5.41, 5.74) is 1.28. The molecule has 0 spiro atoms. The summed E-state index contributed by atoms with van der Waals surface area (Å²) in [5.74, 6) is 0.602. The summed E-state index contributed by atoms with van der Waals surface area (Å²) in [4.78, 5) is 24.3. The molecule has 0 radical (unpaired) electrons. The largest absolute Gasteiger partial charge is 0.379 e. The molecule has 1 fully saturated rings. The topological polar surface area (TPSA) is 123 Å². The molecule has 2 heterocycles. The SMILES string of the molecule is CC(=O)NCCCc1nnc(SCC(=O)c2ccc(S(=O)(=O)N3CCOCC3)cc2)n1-c1ccc(Br)cc1. The van der Waals surface area contributed by atoms with E-state index in [9.17, 15) is 18.0 Å². The van der Waals surface area contributed by atoms with E-state index in [1.165, 1.54) is 35.1 Å².